The number of nitrogens with zero attached hydrogens (tertiary/aromatic N) is 1. The topological polar surface area (TPSA) is 54.9 Å². The van der Waals surface area contributed by atoms with E-state index in [4.69, 9.17) is 11.6 Å². The van der Waals surface area contributed by atoms with Gasteiger partial charge in [-0.2, -0.15) is 0 Å². The highest BCUT2D eigenvalue weighted by Gasteiger charge is 2.16. The predicted octanol–water partition coefficient (Wildman–Crippen LogP) is 2.92. The maximum absolute atomic E-state index is 12.5. The van der Waals surface area contributed by atoms with E-state index in [0.29, 0.717) is 11.3 Å². The summed E-state index contributed by atoms with van der Waals surface area (Å²) in [6.45, 7) is 7.59. The summed E-state index contributed by atoms with van der Waals surface area (Å²) < 4.78 is 1.14. The van der Waals surface area contributed by atoms with Gasteiger partial charge in [0.2, 0.25) is 0 Å². The van der Waals surface area contributed by atoms with Crippen molar-refractivity contribution in [3.63, 3.8) is 0 Å². The monoisotopic (exact) mass is 292 g/mol. The van der Waals surface area contributed by atoms with E-state index in [1.165, 1.54) is 0 Å². The smallest absolute Gasteiger partial charge is 0.297 e. The maximum atomic E-state index is 12.5. The predicted molar refractivity (Wildman–Crippen MR) is 81.2 cm³/mol. The fourth-order valence-electron chi connectivity index (χ4n) is 2.34. The van der Waals surface area contributed by atoms with Crippen LogP contribution in [0.5, 0.6) is 0 Å². The average Bonchev–Trinajstić information content (AvgIpc) is 2.25. The third-order valence-electron chi connectivity index (χ3n) is 3.13. The van der Waals surface area contributed by atoms with Crippen LogP contribution in [0.1, 0.15) is 36.5 Å². The molecule has 1 aromatic carbocycles. The lowest BCUT2D eigenvalue weighted by Gasteiger charge is -2.12. The first kappa shape index (κ1) is 14.6. The molecule has 0 spiro atoms. The number of rotatable bonds is 2. The molecule has 0 saturated carbocycles. The van der Waals surface area contributed by atoms with Gasteiger partial charge in [-0.15, -0.1) is 0 Å². The van der Waals surface area contributed by atoms with E-state index in [0.717, 1.165) is 15.7 Å². The molecule has 5 heteroatoms. The van der Waals surface area contributed by atoms with Crippen LogP contribution in [0.25, 0.3) is 5.69 Å². The second kappa shape index (κ2) is 5.29. The van der Waals surface area contributed by atoms with Gasteiger partial charge in [0.15, 0.2) is 0 Å². The normalized spacial score (nSPS) is 11.1. The van der Waals surface area contributed by atoms with E-state index in [-0.39, 0.29) is 16.6 Å². The minimum Gasteiger partial charge on any atom is -0.297 e. The Labute approximate surface area is 122 Å². The Balaban J connectivity index is 2.84. The van der Waals surface area contributed by atoms with E-state index in [2.05, 4.69) is 4.98 Å². The van der Waals surface area contributed by atoms with E-state index in [1.54, 1.807) is 0 Å². The Bertz CT molecular complexity index is 752. The van der Waals surface area contributed by atoms with Crippen LogP contribution in [-0.4, -0.2) is 9.55 Å². The summed E-state index contributed by atoms with van der Waals surface area (Å²) in [7, 11) is 0. The lowest BCUT2D eigenvalue weighted by molar-refractivity contribution is 0.777. The number of aryl methyl sites for hydroxylation is 2. The molecule has 0 unspecified atom stereocenters. The third kappa shape index (κ3) is 2.56. The summed E-state index contributed by atoms with van der Waals surface area (Å²) >= 11 is 5.98. The molecule has 20 heavy (non-hydrogen) atoms. The van der Waals surface area contributed by atoms with Crippen molar-refractivity contribution in [1.82, 2.24) is 9.55 Å². The number of hydrogen-bond donors (Lipinski definition) is 1. The molecule has 0 atom stereocenters. The molecule has 0 saturated heterocycles. The van der Waals surface area contributed by atoms with Crippen LogP contribution in [0, 0.1) is 13.8 Å². The number of benzene rings is 1. The van der Waals surface area contributed by atoms with Gasteiger partial charge in [-0.25, -0.2) is 9.36 Å². The van der Waals surface area contributed by atoms with E-state index < -0.39 is 5.69 Å². The van der Waals surface area contributed by atoms with Crippen LogP contribution >= 0.6 is 11.6 Å². The van der Waals surface area contributed by atoms with Crippen molar-refractivity contribution in [3.8, 4) is 5.69 Å². The number of nitrogens with one attached hydrogen (secondary N) is 1. The van der Waals surface area contributed by atoms with Crippen LogP contribution in [0.3, 0.4) is 0 Å². The number of halogens is 1. The van der Waals surface area contributed by atoms with Crippen LogP contribution in [-0.2, 0) is 0 Å². The molecule has 2 aromatic rings. The second-order valence-electron chi connectivity index (χ2n) is 5.30. The van der Waals surface area contributed by atoms with Crippen molar-refractivity contribution in [2.75, 3.05) is 0 Å². The molecular formula is C15H17ClN2O2. The van der Waals surface area contributed by atoms with Crippen molar-refractivity contribution in [2.24, 2.45) is 0 Å². The molecule has 0 fully saturated rings. The first-order valence-corrected chi connectivity index (χ1v) is 6.82. The fraction of sp³-hybridized carbons (Fsp3) is 0.333. The van der Waals surface area contributed by atoms with Gasteiger partial charge < -0.3 is 0 Å². The Morgan fingerprint density at radius 1 is 1.10 bits per heavy atom. The second-order valence-corrected chi connectivity index (χ2v) is 5.68. The quantitative estimate of drug-likeness (QED) is 0.865. The van der Waals surface area contributed by atoms with Crippen molar-refractivity contribution < 1.29 is 0 Å². The summed E-state index contributed by atoms with van der Waals surface area (Å²) in [4.78, 5) is 27.2. The molecule has 0 aliphatic carbocycles. The van der Waals surface area contributed by atoms with Crippen molar-refractivity contribution in [1.29, 1.82) is 0 Å². The molecule has 4 nitrogen and oxygen atoms in total. The van der Waals surface area contributed by atoms with E-state index in [9.17, 15) is 9.59 Å². The van der Waals surface area contributed by atoms with Gasteiger partial charge in [0, 0.05) is 0 Å². The molecule has 1 N–H and O–H groups in total. The first-order chi connectivity index (χ1) is 9.31. The standard InChI is InChI=1S/C15H17ClN2O2/c1-8(2)12-13(16)17-15(20)18(14(12)19)11-6-9(3)5-10(4)7-11/h5-8H,1-4H3,(H,17,20). The van der Waals surface area contributed by atoms with Gasteiger partial charge in [0.25, 0.3) is 5.56 Å². The zero-order valence-electron chi connectivity index (χ0n) is 12.0. The van der Waals surface area contributed by atoms with Gasteiger partial charge in [-0.3, -0.25) is 9.78 Å². The molecular weight excluding hydrogens is 276 g/mol. The number of H-pyrrole nitrogens is 1. The van der Waals surface area contributed by atoms with Gasteiger partial charge in [0.05, 0.1) is 11.3 Å². The van der Waals surface area contributed by atoms with Crippen LogP contribution in [0.15, 0.2) is 27.8 Å². The van der Waals surface area contributed by atoms with Gasteiger partial charge in [-0.05, 0) is 43.0 Å². The van der Waals surface area contributed by atoms with Gasteiger partial charge in [0.1, 0.15) is 5.15 Å². The molecule has 0 aliphatic heterocycles. The lowest BCUT2D eigenvalue weighted by Crippen LogP contribution is -2.36. The minimum absolute atomic E-state index is 0.0657. The lowest BCUT2D eigenvalue weighted by atomic mass is 10.1. The summed E-state index contributed by atoms with van der Waals surface area (Å²) in [6, 6.07) is 5.60. The molecule has 106 valence electrons. The van der Waals surface area contributed by atoms with Crippen LogP contribution < -0.4 is 11.2 Å². The van der Waals surface area contributed by atoms with E-state index >= 15 is 0 Å². The average molecular weight is 293 g/mol. The molecule has 0 bridgehead atoms. The Hall–Kier alpha value is -1.81. The highest BCUT2D eigenvalue weighted by molar-refractivity contribution is 6.30. The summed E-state index contributed by atoms with van der Waals surface area (Å²) in [5.41, 5.74) is 2.09. The maximum Gasteiger partial charge on any atom is 0.334 e. The highest BCUT2D eigenvalue weighted by atomic mass is 35.5. The molecule has 0 amide bonds. The molecule has 1 heterocycles. The van der Waals surface area contributed by atoms with Crippen molar-refractivity contribution in [2.45, 2.75) is 33.6 Å². The first-order valence-electron chi connectivity index (χ1n) is 6.44. The zero-order chi connectivity index (χ0) is 15.0. The largest absolute Gasteiger partial charge is 0.334 e. The summed E-state index contributed by atoms with van der Waals surface area (Å²) in [6.07, 6.45) is 0. The fourth-order valence-corrected chi connectivity index (χ4v) is 2.72. The molecule has 1 aromatic heterocycles. The van der Waals surface area contributed by atoms with Crippen molar-refractivity contribution in [3.05, 3.63) is 60.9 Å². The van der Waals surface area contributed by atoms with Gasteiger partial charge in [-0.1, -0.05) is 31.5 Å². The highest BCUT2D eigenvalue weighted by Crippen LogP contribution is 2.18. The van der Waals surface area contributed by atoms with E-state index in [1.807, 2.05) is 45.9 Å². The summed E-state index contributed by atoms with van der Waals surface area (Å²) in [5.74, 6) is -0.0657. The zero-order valence-corrected chi connectivity index (χ0v) is 12.7. The Morgan fingerprint density at radius 2 is 1.65 bits per heavy atom. The van der Waals surface area contributed by atoms with Gasteiger partial charge >= 0.3 is 5.69 Å². The molecule has 0 radical (unpaired) electrons. The van der Waals surface area contributed by atoms with Crippen molar-refractivity contribution >= 4 is 11.6 Å². The Kier molecular flexibility index (Phi) is 3.86. The third-order valence-corrected chi connectivity index (χ3v) is 3.43. The molecule has 2 rings (SSSR count). The summed E-state index contributed by atoms with van der Waals surface area (Å²) in [5, 5.41) is 0.121. The van der Waals surface area contributed by atoms with Crippen LogP contribution in [0.4, 0.5) is 0 Å². The molecule has 0 aliphatic rings. The minimum atomic E-state index is -0.519. The number of aromatic amines is 1. The number of aromatic nitrogens is 2. The number of hydrogen-bond acceptors (Lipinski definition) is 2. The SMILES string of the molecule is Cc1cc(C)cc(-n2c(=O)[nH]c(Cl)c(C(C)C)c2=O)c1. The van der Waals surface area contributed by atoms with Crippen LogP contribution in [0.2, 0.25) is 5.15 Å². The Morgan fingerprint density at radius 3 is 2.15 bits per heavy atom.